The highest BCUT2D eigenvalue weighted by Crippen LogP contribution is 2.37. The van der Waals surface area contributed by atoms with Gasteiger partial charge in [-0.25, -0.2) is 4.98 Å². The van der Waals surface area contributed by atoms with Crippen molar-refractivity contribution in [2.45, 2.75) is 37.4 Å². The lowest BCUT2D eigenvalue weighted by molar-refractivity contribution is -0.183. The number of likely N-dealkylation sites (tertiary alicyclic amines) is 1. The van der Waals surface area contributed by atoms with Crippen molar-refractivity contribution < 1.29 is 14.3 Å². The van der Waals surface area contributed by atoms with Crippen molar-refractivity contribution in [2.75, 3.05) is 26.8 Å². The molecule has 0 aliphatic carbocycles. The maximum absolute atomic E-state index is 12.8. The van der Waals surface area contributed by atoms with E-state index < -0.39 is 0 Å². The molecule has 4 rings (SSSR count). The predicted molar refractivity (Wildman–Crippen MR) is 89.0 cm³/mol. The molecule has 0 radical (unpaired) electrons. The van der Waals surface area contributed by atoms with Crippen LogP contribution in [0.15, 0.2) is 30.6 Å². The van der Waals surface area contributed by atoms with Crippen LogP contribution in [0.1, 0.15) is 36.2 Å². The first-order valence-electron chi connectivity index (χ1n) is 8.62. The Bertz CT molecular complexity index is 701. The molecule has 128 valence electrons. The van der Waals surface area contributed by atoms with Gasteiger partial charge in [0.05, 0.1) is 11.7 Å². The maximum atomic E-state index is 12.8. The third-order valence-electron chi connectivity index (χ3n) is 5.35. The quantitative estimate of drug-likeness (QED) is 0.847. The molecule has 1 unspecified atom stereocenters. The Labute approximate surface area is 141 Å². The fourth-order valence-corrected chi connectivity index (χ4v) is 3.99. The van der Waals surface area contributed by atoms with Gasteiger partial charge in [0.2, 0.25) is 0 Å². The van der Waals surface area contributed by atoms with E-state index in [1.54, 1.807) is 13.3 Å². The number of carbonyl (C=O) groups is 1. The number of hydrogen-bond acceptors (Lipinski definition) is 4. The number of aromatic nitrogens is 2. The number of amides is 1. The summed E-state index contributed by atoms with van der Waals surface area (Å²) in [7, 11) is 1.76. The summed E-state index contributed by atoms with van der Waals surface area (Å²) < 4.78 is 13.6. The van der Waals surface area contributed by atoms with Crippen molar-refractivity contribution in [3.63, 3.8) is 0 Å². The van der Waals surface area contributed by atoms with Crippen LogP contribution in [0.4, 0.5) is 0 Å². The standard InChI is InChI=1S/C18H23N3O3/c1-23-15-5-4-12-24-18(15)7-10-20(11-8-18)17(22)14-13-21-9-3-2-6-16(21)19-14/h2-3,6,9,13,15H,4-5,7-8,10-12H2,1H3. The topological polar surface area (TPSA) is 56.1 Å². The number of nitrogens with zero attached hydrogens (tertiary/aromatic N) is 3. The van der Waals surface area contributed by atoms with Gasteiger partial charge < -0.3 is 18.8 Å². The van der Waals surface area contributed by atoms with Crippen LogP contribution in [0.2, 0.25) is 0 Å². The molecule has 2 aromatic rings. The molecule has 24 heavy (non-hydrogen) atoms. The maximum Gasteiger partial charge on any atom is 0.274 e. The van der Waals surface area contributed by atoms with Crippen molar-refractivity contribution in [2.24, 2.45) is 0 Å². The number of piperidine rings is 1. The average Bonchev–Trinajstić information content (AvgIpc) is 3.06. The third kappa shape index (κ3) is 2.59. The van der Waals surface area contributed by atoms with Crippen molar-refractivity contribution in [3.05, 3.63) is 36.3 Å². The fraction of sp³-hybridized carbons (Fsp3) is 0.556. The summed E-state index contributed by atoms with van der Waals surface area (Å²) in [6, 6.07) is 5.76. The molecule has 0 N–H and O–H groups in total. The van der Waals surface area contributed by atoms with Crippen molar-refractivity contribution in [1.82, 2.24) is 14.3 Å². The second kappa shape index (κ2) is 6.18. The Kier molecular flexibility index (Phi) is 4.02. The van der Waals surface area contributed by atoms with E-state index in [1.165, 1.54) is 0 Å². The van der Waals surface area contributed by atoms with Crippen LogP contribution in [-0.2, 0) is 9.47 Å². The fourth-order valence-electron chi connectivity index (χ4n) is 3.99. The van der Waals surface area contributed by atoms with E-state index in [2.05, 4.69) is 4.98 Å². The van der Waals surface area contributed by atoms with Gasteiger partial charge in [-0.05, 0) is 37.8 Å². The van der Waals surface area contributed by atoms with Crippen LogP contribution in [0.3, 0.4) is 0 Å². The van der Waals surface area contributed by atoms with Crippen molar-refractivity contribution in [3.8, 4) is 0 Å². The lowest BCUT2D eigenvalue weighted by Gasteiger charge is -2.47. The monoisotopic (exact) mass is 329 g/mol. The minimum absolute atomic E-state index is 0.00155. The number of carbonyl (C=O) groups excluding carboxylic acids is 1. The first-order valence-corrected chi connectivity index (χ1v) is 8.62. The Morgan fingerprint density at radius 3 is 2.96 bits per heavy atom. The highest BCUT2D eigenvalue weighted by molar-refractivity contribution is 5.93. The second-order valence-electron chi connectivity index (χ2n) is 6.66. The molecule has 2 fully saturated rings. The van der Waals surface area contributed by atoms with Crippen LogP contribution in [0, 0.1) is 0 Å². The van der Waals surface area contributed by atoms with Crippen LogP contribution < -0.4 is 0 Å². The van der Waals surface area contributed by atoms with Gasteiger partial charge in [-0.3, -0.25) is 4.79 Å². The van der Waals surface area contributed by atoms with Gasteiger partial charge in [0.15, 0.2) is 0 Å². The normalized spacial score (nSPS) is 23.7. The highest BCUT2D eigenvalue weighted by Gasteiger charge is 2.45. The van der Waals surface area contributed by atoms with Crippen LogP contribution in [-0.4, -0.2) is 58.7 Å². The molecule has 2 aliphatic heterocycles. The van der Waals surface area contributed by atoms with E-state index in [1.807, 2.05) is 33.7 Å². The van der Waals surface area contributed by atoms with E-state index in [-0.39, 0.29) is 17.6 Å². The van der Waals surface area contributed by atoms with Gasteiger partial charge in [0.1, 0.15) is 11.3 Å². The number of rotatable bonds is 2. The zero-order valence-corrected chi connectivity index (χ0v) is 14.0. The first kappa shape index (κ1) is 15.6. The van der Waals surface area contributed by atoms with E-state index in [4.69, 9.17) is 9.47 Å². The number of ether oxygens (including phenoxy) is 2. The largest absolute Gasteiger partial charge is 0.378 e. The summed E-state index contributed by atoms with van der Waals surface area (Å²) >= 11 is 0. The average molecular weight is 329 g/mol. The molecule has 0 aromatic carbocycles. The third-order valence-corrected chi connectivity index (χ3v) is 5.35. The van der Waals surface area contributed by atoms with Crippen molar-refractivity contribution >= 4 is 11.6 Å². The molecule has 0 bridgehead atoms. The summed E-state index contributed by atoms with van der Waals surface area (Å²) in [5.41, 5.74) is 1.08. The number of imidazole rings is 1. The molecule has 4 heterocycles. The van der Waals surface area contributed by atoms with E-state index in [0.717, 1.165) is 37.9 Å². The molecule has 6 nitrogen and oxygen atoms in total. The molecule has 6 heteroatoms. The van der Waals surface area contributed by atoms with Crippen LogP contribution in [0.5, 0.6) is 0 Å². The number of hydrogen-bond donors (Lipinski definition) is 0. The zero-order valence-electron chi connectivity index (χ0n) is 14.0. The Morgan fingerprint density at radius 2 is 2.21 bits per heavy atom. The van der Waals surface area contributed by atoms with E-state index in [9.17, 15) is 4.79 Å². The summed E-state index contributed by atoms with van der Waals surface area (Å²) in [6.07, 6.45) is 7.58. The smallest absolute Gasteiger partial charge is 0.274 e. The van der Waals surface area contributed by atoms with Gasteiger partial charge >= 0.3 is 0 Å². The summed E-state index contributed by atoms with van der Waals surface area (Å²) in [5, 5.41) is 0. The first-order chi connectivity index (χ1) is 11.7. The van der Waals surface area contributed by atoms with Crippen molar-refractivity contribution in [1.29, 1.82) is 0 Å². The van der Waals surface area contributed by atoms with Gasteiger partial charge in [-0.1, -0.05) is 6.07 Å². The molecule has 0 saturated carbocycles. The number of fused-ring (bicyclic) bond motifs is 1. The molecular weight excluding hydrogens is 306 g/mol. The molecule has 2 saturated heterocycles. The predicted octanol–water partition coefficient (Wildman–Crippen LogP) is 2.13. The molecule has 1 spiro atoms. The summed E-state index contributed by atoms with van der Waals surface area (Å²) in [6.45, 7) is 2.17. The van der Waals surface area contributed by atoms with Gasteiger partial charge in [0, 0.05) is 39.2 Å². The Morgan fingerprint density at radius 1 is 1.38 bits per heavy atom. The zero-order chi connectivity index (χ0) is 16.6. The van der Waals surface area contributed by atoms with E-state index in [0.29, 0.717) is 18.8 Å². The summed E-state index contributed by atoms with van der Waals surface area (Å²) in [5.74, 6) is -0.00155. The minimum atomic E-state index is -0.220. The van der Waals surface area contributed by atoms with Crippen LogP contribution in [0.25, 0.3) is 5.65 Å². The van der Waals surface area contributed by atoms with Gasteiger partial charge in [-0.15, -0.1) is 0 Å². The van der Waals surface area contributed by atoms with Crippen LogP contribution >= 0.6 is 0 Å². The Balaban J connectivity index is 1.48. The lowest BCUT2D eigenvalue weighted by Crippen LogP contribution is -2.56. The van der Waals surface area contributed by atoms with E-state index >= 15 is 0 Å². The minimum Gasteiger partial charge on any atom is -0.378 e. The molecular formula is C18H23N3O3. The highest BCUT2D eigenvalue weighted by atomic mass is 16.5. The Hall–Kier alpha value is -1.92. The molecule has 2 aliphatic rings. The number of methoxy groups -OCH3 is 1. The molecule has 1 amide bonds. The molecule has 1 atom stereocenters. The number of pyridine rings is 1. The van der Waals surface area contributed by atoms with Gasteiger partial charge in [-0.2, -0.15) is 0 Å². The molecule has 2 aromatic heterocycles. The second-order valence-corrected chi connectivity index (χ2v) is 6.66. The lowest BCUT2D eigenvalue weighted by atomic mass is 9.82. The SMILES string of the molecule is COC1CCCOC12CCN(C(=O)c1cn3ccccc3n1)CC2. The van der Waals surface area contributed by atoms with Gasteiger partial charge in [0.25, 0.3) is 5.91 Å². The summed E-state index contributed by atoms with van der Waals surface area (Å²) in [4.78, 5) is 19.1.